The van der Waals surface area contributed by atoms with Crippen LogP contribution in [0.4, 0.5) is 0 Å². The van der Waals surface area contributed by atoms with Gasteiger partial charge in [0.05, 0.1) is 16.3 Å². The van der Waals surface area contributed by atoms with Crippen molar-refractivity contribution in [1.82, 2.24) is 9.78 Å². The number of para-hydroxylation sites is 1. The number of hydrogen-bond donors (Lipinski definition) is 1. The maximum Gasteiger partial charge on any atom is 0.271 e. The highest BCUT2D eigenvalue weighted by Gasteiger charge is 2.06. The molecule has 0 saturated carbocycles. The summed E-state index contributed by atoms with van der Waals surface area (Å²) in [6, 6.07) is 15.1. The molecule has 3 nitrogen and oxygen atoms in total. The lowest BCUT2D eigenvalue weighted by Crippen LogP contribution is -2.12. The number of nitrogens with zero attached hydrogens (tertiary/aromatic N) is 1. The van der Waals surface area contributed by atoms with Crippen molar-refractivity contribution >= 4 is 11.3 Å². The van der Waals surface area contributed by atoms with Gasteiger partial charge in [-0.25, -0.2) is 4.68 Å². The van der Waals surface area contributed by atoms with Gasteiger partial charge in [-0.2, -0.15) is 0 Å². The Kier molecular flexibility index (Phi) is 2.42. The molecule has 3 rings (SSSR count). The molecule has 4 heteroatoms. The molecule has 2 aromatic heterocycles. The van der Waals surface area contributed by atoms with Gasteiger partial charge in [-0.3, -0.25) is 9.89 Å². The molecule has 1 N–H and O–H groups in total. The van der Waals surface area contributed by atoms with Crippen molar-refractivity contribution in [2.45, 2.75) is 0 Å². The minimum atomic E-state index is -0.0420. The predicted octanol–water partition coefficient (Wildman–Crippen LogP) is 2.89. The number of nitrogens with one attached hydrogen (secondary N) is 1. The first-order valence-electron chi connectivity index (χ1n) is 5.26. The lowest BCUT2D eigenvalue weighted by molar-refractivity contribution is 0.853. The van der Waals surface area contributed by atoms with Crippen molar-refractivity contribution in [3.8, 4) is 16.3 Å². The van der Waals surface area contributed by atoms with Crippen LogP contribution in [-0.2, 0) is 0 Å². The Morgan fingerprint density at radius 3 is 2.59 bits per heavy atom. The molecule has 0 unspecified atom stereocenters. The first-order chi connectivity index (χ1) is 8.34. The second kappa shape index (κ2) is 4.07. The second-order valence-electron chi connectivity index (χ2n) is 3.66. The number of hydrogen-bond acceptors (Lipinski definition) is 2. The number of benzene rings is 1. The van der Waals surface area contributed by atoms with Crippen LogP contribution in [0, 0.1) is 0 Å². The normalized spacial score (nSPS) is 10.6. The fourth-order valence-corrected chi connectivity index (χ4v) is 2.42. The number of aromatic nitrogens is 2. The molecule has 0 spiro atoms. The highest BCUT2D eigenvalue weighted by Crippen LogP contribution is 2.21. The Balaban J connectivity index is 2.12. The van der Waals surface area contributed by atoms with E-state index in [1.54, 1.807) is 22.1 Å². The largest absolute Gasteiger partial charge is 0.289 e. The average Bonchev–Trinajstić information content (AvgIpc) is 2.99. The summed E-state index contributed by atoms with van der Waals surface area (Å²) in [6.45, 7) is 0. The van der Waals surface area contributed by atoms with Crippen LogP contribution in [0.25, 0.3) is 16.3 Å². The fourth-order valence-electron chi connectivity index (χ4n) is 1.72. The maximum absolute atomic E-state index is 11.9. The maximum atomic E-state index is 11.9. The summed E-state index contributed by atoms with van der Waals surface area (Å²) < 4.78 is 1.55. The molecule has 0 fully saturated rings. The van der Waals surface area contributed by atoms with Crippen LogP contribution < -0.4 is 5.56 Å². The SMILES string of the molecule is O=c1cc(-c2cccs2)[nH]n1-c1ccccc1. The van der Waals surface area contributed by atoms with Gasteiger partial charge in [-0.15, -0.1) is 11.3 Å². The summed E-state index contributed by atoms with van der Waals surface area (Å²) in [5.74, 6) is 0. The van der Waals surface area contributed by atoms with Gasteiger partial charge in [0, 0.05) is 6.07 Å². The summed E-state index contributed by atoms with van der Waals surface area (Å²) in [7, 11) is 0. The van der Waals surface area contributed by atoms with Crippen LogP contribution in [0.2, 0.25) is 0 Å². The molecule has 0 aliphatic heterocycles. The van der Waals surface area contributed by atoms with Crippen LogP contribution in [0.5, 0.6) is 0 Å². The highest BCUT2D eigenvalue weighted by atomic mass is 32.1. The molecule has 0 amide bonds. The Morgan fingerprint density at radius 2 is 1.88 bits per heavy atom. The fraction of sp³-hybridized carbons (Fsp3) is 0. The van der Waals surface area contributed by atoms with Crippen LogP contribution >= 0.6 is 11.3 Å². The van der Waals surface area contributed by atoms with Crippen molar-refractivity contribution < 1.29 is 0 Å². The third-order valence-electron chi connectivity index (χ3n) is 2.52. The molecule has 0 saturated heterocycles. The topological polar surface area (TPSA) is 37.8 Å². The molecule has 3 aromatic rings. The zero-order chi connectivity index (χ0) is 11.7. The third-order valence-corrected chi connectivity index (χ3v) is 3.42. The molecule has 1 aromatic carbocycles. The van der Waals surface area contributed by atoms with E-state index >= 15 is 0 Å². The van der Waals surface area contributed by atoms with E-state index in [1.807, 2.05) is 47.8 Å². The van der Waals surface area contributed by atoms with E-state index in [0.29, 0.717) is 0 Å². The van der Waals surface area contributed by atoms with E-state index in [4.69, 9.17) is 0 Å². The van der Waals surface area contributed by atoms with Crippen molar-refractivity contribution in [2.75, 3.05) is 0 Å². The van der Waals surface area contributed by atoms with E-state index in [2.05, 4.69) is 5.10 Å². The zero-order valence-electron chi connectivity index (χ0n) is 8.96. The van der Waals surface area contributed by atoms with Gasteiger partial charge in [0.1, 0.15) is 0 Å². The Bertz CT molecular complexity index is 665. The minimum absolute atomic E-state index is 0.0420. The van der Waals surface area contributed by atoms with E-state index in [1.165, 1.54) is 0 Å². The Hall–Kier alpha value is -2.07. The molecule has 0 bridgehead atoms. The molecule has 0 aliphatic rings. The van der Waals surface area contributed by atoms with Crippen molar-refractivity contribution in [3.05, 3.63) is 64.3 Å². The van der Waals surface area contributed by atoms with Gasteiger partial charge < -0.3 is 0 Å². The molecule has 0 atom stereocenters. The van der Waals surface area contributed by atoms with E-state index in [9.17, 15) is 4.79 Å². The molecule has 0 aliphatic carbocycles. The van der Waals surface area contributed by atoms with E-state index in [-0.39, 0.29) is 5.56 Å². The summed E-state index contributed by atoms with van der Waals surface area (Å²) in [4.78, 5) is 12.9. The van der Waals surface area contributed by atoms with Crippen molar-refractivity contribution in [2.24, 2.45) is 0 Å². The summed E-state index contributed by atoms with van der Waals surface area (Å²) >= 11 is 1.61. The monoisotopic (exact) mass is 242 g/mol. The van der Waals surface area contributed by atoms with Crippen LogP contribution in [0.3, 0.4) is 0 Å². The van der Waals surface area contributed by atoms with Crippen LogP contribution in [-0.4, -0.2) is 9.78 Å². The summed E-state index contributed by atoms with van der Waals surface area (Å²) in [5.41, 5.74) is 1.66. The highest BCUT2D eigenvalue weighted by molar-refractivity contribution is 7.13. The van der Waals surface area contributed by atoms with E-state index < -0.39 is 0 Å². The Labute approximate surface area is 102 Å². The molecular weight excluding hydrogens is 232 g/mol. The van der Waals surface area contributed by atoms with Gasteiger partial charge in [-0.1, -0.05) is 24.3 Å². The van der Waals surface area contributed by atoms with Gasteiger partial charge in [-0.05, 0) is 23.6 Å². The predicted molar refractivity (Wildman–Crippen MR) is 69.7 cm³/mol. The molecule has 17 heavy (non-hydrogen) atoms. The molecule has 84 valence electrons. The minimum Gasteiger partial charge on any atom is -0.289 e. The number of aromatic amines is 1. The van der Waals surface area contributed by atoms with Gasteiger partial charge >= 0.3 is 0 Å². The third kappa shape index (κ3) is 1.83. The lowest BCUT2D eigenvalue weighted by atomic mass is 10.3. The molecular formula is C13H10N2OS. The number of rotatable bonds is 2. The first-order valence-corrected chi connectivity index (χ1v) is 6.14. The first kappa shape index (κ1) is 10.1. The van der Waals surface area contributed by atoms with Crippen LogP contribution in [0.15, 0.2) is 58.7 Å². The van der Waals surface area contributed by atoms with Gasteiger partial charge in [0.25, 0.3) is 5.56 Å². The summed E-state index contributed by atoms with van der Waals surface area (Å²) in [6.07, 6.45) is 0. The van der Waals surface area contributed by atoms with Gasteiger partial charge in [0.2, 0.25) is 0 Å². The summed E-state index contributed by atoms with van der Waals surface area (Å²) in [5, 5.41) is 5.11. The molecule has 2 heterocycles. The zero-order valence-corrected chi connectivity index (χ0v) is 9.78. The second-order valence-corrected chi connectivity index (χ2v) is 4.60. The number of thiophene rings is 1. The van der Waals surface area contributed by atoms with Gasteiger partial charge in [0.15, 0.2) is 0 Å². The standard InChI is InChI=1S/C13H10N2OS/c16-13-9-11(12-7-4-8-17-12)14-15(13)10-5-2-1-3-6-10/h1-9,14H. The smallest absolute Gasteiger partial charge is 0.271 e. The lowest BCUT2D eigenvalue weighted by Gasteiger charge is -2.00. The van der Waals surface area contributed by atoms with Crippen LogP contribution in [0.1, 0.15) is 0 Å². The molecule has 0 radical (unpaired) electrons. The van der Waals surface area contributed by atoms with Crippen molar-refractivity contribution in [1.29, 1.82) is 0 Å². The van der Waals surface area contributed by atoms with Crippen molar-refractivity contribution in [3.63, 3.8) is 0 Å². The Morgan fingerprint density at radius 1 is 1.06 bits per heavy atom. The average molecular weight is 242 g/mol. The number of H-pyrrole nitrogens is 1. The van der Waals surface area contributed by atoms with E-state index in [0.717, 1.165) is 16.3 Å². The quantitative estimate of drug-likeness (QED) is 0.737.